The van der Waals surface area contributed by atoms with E-state index in [4.69, 9.17) is 0 Å². The van der Waals surface area contributed by atoms with Crippen LogP contribution in [0.25, 0.3) is 27.1 Å². The molecule has 0 saturated carbocycles. The predicted molar refractivity (Wildman–Crippen MR) is 95.1 cm³/mol. The zero-order valence-corrected chi connectivity index (χ0v) is 18.9. The molecule has 0 spiro atoms. The molecule has 3 aromatic carbocycles. The van der Waals surface area contributed by atoms with Gasteiger partial charge in [-0.15, -0.1) is 33.7 Å². The molecular weight excluding hydrogens is 502 g/mol. The van der Waals surface area contributed by atoms with Crippen molar-refractivity contribution in [3.05, 3.63) is 72.3 Å². The fourth-order valence-electron chi connectivity index (χ4n) is 2.91. The van der Waals surface area contributed by atoms with Gasteiger partial charge in [0.2, 0.25) is 0 Å². The van der Waals surface area contributed by atoms with E-state index in [-0.39, 0.29) is 24.8 Å². The van der Waals surface area contributed by atoms with Crippen LogP contribution in [-0.4, -0.2) is 3.26 Å². The van der Waals surface area contributed by atoms with Gasteiger partial charge in [0.1, 0.15) is 0 Å². The normalized spacial score (nSPS) is 12.1. The maximum Gasteiger partial charge on any atom is -1.00 e. The molecule has 0 N–H and O–H groups in total. The second kappa shape index (κ2) is 9.56. The number of hydrogen-bond acceptors (Lipinski definition) is 0. The fraction of sp³-hybridized carbons (Fsp3) is 0.143. The van der Waals surface area contributed by atoms with Crippen molar-refractivity contribution in [2.24, 2.45) is 0 Å². The topological polar surface area (TPSA) is 0 Å². The van der Waals surface area contributed by atoms with Gasteiger partial charge in [-0.3, -0.25) is 0 Å². The summed E-state index contributed by atoms with van der Waals surface area (Å²) in [7, 11) is 0. The Morgan fingerprint density at radius 2 is 1.62 bits per heavy atom. The van der Waals surface area contributed by atoms with Crippen LogP contribution in [0.4, 0.5) is 0 Å². The molecule has 0 unspecified atom stereocenters. The van der Waals surface area contributed by atoms with Crippen LogP contribution >= 0.6 is 0 Å². The number of rotatable bonds is 1. The molecule has 0 atom stereocenters. The average molecular weight is 521 g/mol. The van der Waals surface area contributed by atoms with E-state index >= 15 is 0 Å². The molecule has 0 aliphatic heterocycles. The number of fused-ring (bicyclic) bond motifs is 3. The molecule has 0 aromatic heterocycles. The summed E-state index contributed by atoms with van der Waals surface area (Å²) in [6.07, 6.45) is 7.65. The minimum absolute atomic E-state index is 0. The zero-order chi connectivity index (χ0) is 15.5. The van der Waals surface area contributed by atoms with E-state index in [0.29, 0.717) is 0 Å². The molecule has 0 nitrogen and oxygen atoms in total. The van der Waals surface area contributed by atoms with Crippen molar-refractivity contribution in [2.75, 3.05) is 0 Å². The van der Waals surface area contributed by atoms with Gasteiger partial charge >= 0.3 is 41.0 Å². The fourth-order valence-corrected chi connectivity index (χ4v) is 2.91. The average Bonchev–Trinajstić information content (AvgIpc) is 3.14. The molecule has 0 saturated heterocycles. The number of allylic oxidation sites excluding steroid dienone is 4. The quantitative estimate of drug-likeness (QED) is 0.308. The van der Waals surface area contributed by atoms with E-state index in [1.807, 2.05) is 0 Å². The van der Waals surface area contributed by atoms with E-state index in [0.717, 1.165) is 6.42 Å². The third-order valence-electron chi connectivity index (χ3n) is 3.77. The van der Waals surface area contributed by atoms with Crippen LogP contribution < -0.4 is 24.8 Å². The third-order valence-corrected chi connectivity index (χ3v) is 3.77. The molecule has 4 rings (SSSR count). The Kier molecular flexibility index (Phi) is 8.42. The molecule has 0 amide bonds. The summed E-state index contributed by atoms with van der Waals surface area (Å²) in [6, 6.07) is 17.6. The van der Waals surface area contributed by atoms with Crippen LogP contribution in [0.3, 0.4) is 0 Å². The number of halogens is 2. The first-order chi connectivity index (χ1) is 10.7. The summed E-state index contributed by atoms with van der Waals surface area (Å²) < 4.78 is 1.56. The van der Waals surface area contributed by atoms with Crippen molar-refractivity contribution in [3.8, 4) is 0 Å². The van der Waals surface area contributed by atoms with Crippen LogP contribution in [-0.2, 0) is 23.9 Å². The SMILES string of the molecule is C1=CCC(c2cccc3c2[cH-]c2ccccc23)=C1.C[C](C)=[Hf+2].[Cl-].[Cl-]. The third kappa shape index (κ3) is 4.59. The Bertz CT molecular complexity index is 896. The maximum atomic E-state index is 2.32. The van der Waals surface area contributed by atoms with E-state index in [1.54, 1.807) is 3.26 Å². The number of benzene rings is 2. The molecule has 1 aliphatic carbocycles. The van der Waals surface area contributed by atoms with Crippen molar-refractivity contribution in [1.29, 1.82) is 0 Å². The van der Waals surface area contributed by atoms with Crippen molar-refractivity contribution in [3.63, 3.8) is 0 Å². The summed E-state index contributed by atoms with van der Waals surface area (Å²) >= 11 is 1.27. The van der Waals surface area contributed by atoms with E-state index in [9.17, 15) is 0 Å². The van der Waals surface area contributed by atoms with Gasteiger partial charge in [-0.05, 0) is 6.42 Å². The number of hydrogen-bond donors (Lipinski definition) is 0. The van der Waals surface area contributed by atoms with Crippen molar-refractivity contribution in [2.45, 2.75) is 20.3 Å². The Labute approximate surface area is 170 Å². The Morgan fingerprint density at radius 1 is 0.958 bits per heavy atom. The van der Waals surface area contributed by atoms with Gasteiger partial charge in [0.25, 0.3) is 0 Å². The summed E-state index contributed by atoms with van der Waals surface area (Å²) in [5.74, 6) is 0. The first-order valence-electron chi connectivity index (χ1n) is 7.62. The Balaban J connectivity index is 0.000000438. The molecule has 122 valence electrons. The summed E-state index contributed by atoms with van der Waals surface area (Å²) in [5.41, 5.74) is 2.81. The molecule has 0 fully saturated rings. The molecular formula is C21H19Cl2Hf-. The van der Waals surface area contributed by atoms with Gasteiger partial charge in [-0.2, -0.15) is 0 Å². The molecule has 1 aliphatic rings. The summed E-state index contributed by atoms with van der Waals surface area (Å²) in [4.78, 5) is 0. The van der Waals surface area contributed by atoms with E-state index in [2.05, 4.69) is 80.6 Å². The maximum absolute atomic E-state index is 2.32. The minimum Gasteiger partial charge on any atom is -1.00 e. The van der Waals surface area contributed by atoms with Gasteiger partial charge in [0.05, 0.1) is 0 Å². The van der Waals surface area contributed by atoms with Crippen LogP contribution in [0.15, 0.2) is 66.8 Å². The molecule has 24 heavy (non-hydrogen) atoms. The largest absolute Gasteiger partial charge is 1.00 e. The summed E-state index contributed by atoms with van der Waals surface area (Å²) in [6.45, 7) is 4.29. The smallest absolute Gasteiger partial charge is 1.00 e. The van der Waals surface area contributed by atoms with E-state index in [1.165, 1.54) is 56.6 Å². The van der Waals surface area contributed by atoms with Gasteiger partial charge < -0.3 is 24.8 Å². The molecule has 0 heterocycles. The second-order valence-electron chi connectivity index (χ2n) is 5.82. The first kappa shape index (κ1) is 21.2. The van der Waals surface area contributed by atoms with Gasteiger partial charge in [-0.25, -0.2) is 0 Å². The molecule has 3 aromatic rings. The molecule has 3 heteroatoms. The van der Waals surface area contributed by atoms with Crippen LogP contribution in [0.1, 0.15) is 25.8 Å². The molecule has 0 radical (unpaired) electrons. The zero-order valence-electron chi connectivity index (χ0n) is 13.8. The Hall–Kier alpha value is -0.890. The van der Waals surface area contributed by atoms with Crippen LogP contribution in [0, 0.1) is 0 Å². The standard InChI is InChI=1S/C18H13.C3H6.2ClH.Hf/c1-2-7-13(6-1)15-10-5-11-17-16-9-4-3-8-14(16)12-18(15)17;1-3-2;;;/h1-6,8-12H,7H2;1-2H3;2*1H;/q-1;;;;+2/p-2. The summed E-state index contributed by atoms with van der Waals surface area (Å²) in [5, 5.41) is 5.46. The van der Waals surface area contributed by atoms with Crippen molar-refractivity contribution in [1.82, 2.24) is 0 Å². The van der Waals surface area contributed by atoms with Crippen molar-refractivity contribution < 1.29 is 48.7 Å². The van der Waals surface area contributed by atoms with Gasteiger partial charge in [0, 0.05) is 0 Å². The predicted octanol–water partition coefficient (Wildman–Crippen LogP) is -0.191. The van der Waals surface area contributed by atoms with Gasteiger partial charge in [0.15, 0.2) is 0 Å². The second-order valence-corrected chi connectivity index (χ2v) is 9.42. The van der Waals surface area contributed by atoms with E-state index < -0.39 is 0 Å². The minimum atomic E-state index is 0. The van der Waals surface area contributed by atoms with Crippen LogP contribution in [0.5, 0.6) is 0 Å². The first-order valence-corrected chi connectivity index (χ1v) is 9.41. The monoisotopic (exact) mass is 521 g/mol. The van der Waals surface area contributed by atoms with Crippen molar-refractivity contribution >= 4 is 30.4 Å². The molecule has 0 bridgehead atoms. The Morgan fingerprint density at radius 3 is 2.29 bits per heavy atom. The van der Waals surface area contributed by atoms with Crippen LogP contribution in [0.2, 0.25) is 0 Å². The van der Waals surface area contributed by atoms with Gasteiger partial charge in [-0.1, -0.05) is 65.8 Å².